The molecule has 0 aliphatic carbocycles. The van der Waals surface area contributed by atoms with Crippen molar-refractivity contribution in [3.8, 4) is 0 Å². The molecule has 0 fully saturated rings. The minimum atomic E-state index is -4.12. The van der Waals surface area contributed by atoms with E-state index in [4.69, 9.17) is 63.1 Å². The topological polar surface area (TPSA) is 60.2 Å². The predicted octanol–water partition coefficient (Wildman–Crippen LogP) is 3.60. The Morgan fingerprint density at radius 3 is 1.27 bits per heavy atom. The van der Waals surface area contributed by atoms with Gasteiger partial charge in [-0.2, -0.15) is 0 Å². The van der Waals surface area contributed by atoms with Gasteiger partial charge in [-0.05, 0) is 0 Å². The van der Waals surface area contributed by atoms with Crippen LogP contribution >= 0.6 is 58.0 Å². The van der Waals surface area contributed by atoms with Gasteiger partial charge in [0.1, 0.15) is 4.90 Å². The highest BCUT2D eigenvalue weighted by Crippen LogP contribution is 2.45. The van der Waals surface area contributed by atoms with Crippen molar-refractivity contribution >= 4 is 68.0 Å². The summed E-state index contributed by atoms with van der Waals surface area (Å²) in [5.74, 6) is 0. The predicted molar refractivity (Wildman–Crippen MR) is 62.9 cm³/mol. The number of sulfonamides is 1. The highest BCUT2D eigenvalue weighted by atomic mass is 35.5. The fraction of sp³-hybridized carbons (Fsp3) is 0. The molecule has 0 spiro atoms. The minimum Gasteiger partial charge on any atom is -0.225 e. The molecule has 0 amide bonds. The van der Waals surface area contributed by atoms with Crippen molar-refractivity contribution < 1.29 is 8.42 Å². The van der Waals surface area contributed by atoms with Crippen LogP contribution in [0.5, 0.6) is 0 Å². The normalized spacial score (nSPS) is 11.9. The summed E-state index contributed by atoms with van der Waals surface area (Å²) in [4.78, 5) is -0.537. The maximum Gasteiger partial charge on any atom is 0.241 e. The van der Waals surface area contributed by atoms with E-state index in [0.717, 1.165) is 0 Å². The average molecular weight is 329 g/mol. The van der Waals surface area contributed by atoms with Gasteiger partial charge in [0.2, 0.25) is 10.0 Å². The molecular formula is C6H2Cl5NO2S. The number of benzene rings is 1. The lowest BCUT2D eigenvalue weighted by Gasteiger charge is -2.09. The average Bonchev–Trinajstić information content (AvgIpc) is 2.09. The second kappa shape index (κ2) is 4.45. The molecule has 1 rings (SSSR count). The van der Waals surface area contributed by atoms with Gasteiger partial charge in [-0.3, -0.25) is 0 Å². The van der Waals surface area contributed by atoms with Gasteiger partial charge in [0.05, 0.1) is 25.1 Å². The van der Waals surface area contributed by atoms with Gasteiger partial charge in [-0.1, -0.05) is 58.0 Å². The quantitative estimate of drug-likeness (QED) is 0.632. The molecule has 1 aromatic rings. The molecule has 0 bridgehead atoms. The van der Waals surface area contributed by atoms with Crippen LogP contribution in [0.2, 0.25) is 25.1 Å². The van der Waals surface area contributed by atoms with Crippen LogP contribution in [0.15, 0.2) is 4.90 Å². The van der Waals surface area contributed by atoms with Crippen LogP contribution in [0.25, 0.3) is 0 Å². The molecule has 0 saturated carbocycles. The molecule has 0 aliphatic rings. The largest absolute Gasteiger partial charge is 0.241 e. The van der Waals surface area contributed by atoms with E-state index in [-0.39, 0.29) is 25.1 Å². The van der Waals surface area contributed by atoms with E-state index in [1.807, 2.05) is 0 Å². The summed E-state index contributed by atoms with van der Waals surface area (Å²) in [7, 11) is -4.12. The van der Waals surface area contributed by atoms with Gasteiger partial charge >= 0.3 is 0 Å². The number of hydrogen-bond acceptors (Lipinski definition) is 2. The molecule has 0 unspecified atom stereocenters. The Morgan fingerprint density at radius 2 is 1.00 bits per heavy atom. The Balaban J connectivity index is 3.84. The first-order chi connectivity index (χ1) is 6.68. The van der Waals surface area contributed by atoms with E-state index in [1.165, 1.54) is 0 Å². The molecule has 0 aliphatic heterocycles. The van der Waals surface area contributed by atoms with Gasteiger partial charge in [0, 0.05) is 0 Å². The van der Waals surface area contributed by atoms with E-state index in [0.29, 0.717) is 0 Å². The summed E-state index contributed by atoms with van der Waals surface area (Å²) in [6.45, 7) is 0. The first-order valence-corrected chi connectivity index (χ1v) is 6.65. The molecule has 84 valence electrons. The van der Waals surface area contributed by atoms with Crippen molar-refractivity contribution in [1.82, 2.24) is 0 Å². The van der Waals surface area contributed by atoms with Gasteiger partial charge in [-0.15, -0.1) is 0 Å². The SMILES string of the molecule is NS(=O)(=O)c1c(Cl)c(Cl)c(Cl)c(Cl)c1Cl. The summed E-state index contributed by atoms with van der Waals surface area (Å²) >= 11 is 28.2. The lowest BCUT2D eigenvalue weighted by molar-refractivity contribution is 0.598. The summed E-state index contributed by atoms with van der Waals surface area (Å²) < 4.78 is 22.3. The Labute approximate surface area is 111 Å². The zero-order chi connectivity index (χ0) is 12.0. The van der Waals surface area contributed by atoms with Crippen molar-refractivity contribution in [2.75, 3.05) is 0 Å². The maximum absolute atomic E-state index is 11.1. The van der Waals surface area contributed by atoms with Gasteiger partial charge in [-0.25, -0.2) is 13.6 Å². The first-order valence-electron chi connectivity index (χ1n) is 3.22. The molecule has 15 heavy (non-hydrogen) atoms. The summed E-state index contributed by atoms with van der Waals surface area (Å²) in [5, 5.41) is 3.65. The molecular weight excluding hydrogens is 327 g/mol. The number of halogens is 5. The number of rotatable bonds is 1. The van der Waals surface area contributed by atoms with Gasteiger partial charge in [0.25, 0.3) is 0 Å². The zero-order valence-corrected chi connectivity index (χ0v) is 11.3. The molecule has 0 radical (unpaired) electrons. The van der Waals surface area contributed by atoms with Crippen LogP contribution in [0, 0.1) is 0 Å². The van der Waals surface area contributed by atoms with Crippen LogP contribution in [0.3, 0.4) is 0 Å². The van der Waals surface area contributed by atoms with E-state index in [1.54, 1.807) is 0 Å². The first kappa shape index (κ1) is 13.6. The molecule has 3 nitrogen and oxygen atoms in total. The van der Waals surface area contributed by atoms with Crippen molar-refractivity contribution in [1.29, 1.82) is 0 Å². The molecule has 2 N–H and O–H groups in total. The third-order valence-electron chi connectivity index (χ3n) is 1.45. The number of primary sulfonamides is 1. The molecule has 0 heterocycles. The smallest absolute Gasteiger partial charge is 0.225 e. The van der Waals surface area contributed by atoms with Gasteiger partial charge < -0.3 is 0 Å². The monoisotopic (exact) mass is 327 g/mol. The summed E-state index contributed by atoms with van der Waals surface area (Å²) in [6, 6.07) is 0. The lowest BCUT2D eigenvalue weighted by atomic mass is 10.3. The highest BCUT2D eigenvalue weighted by Gasteiger charge is 2.25. The van der Waals surface area contributed by atoms with Crippen LogP contribution in [-0.4, -0.2) is 8.42 Å². The van der Waals surface area contributed by atoms with E-state index in [9.17, 15) is 8.42 Å². The van der Waals surface area contributed by atoms with Gasteiger partial charge in [0.15, 0.2) is 0 Å². The van der Waals surface area contributed by atoms with Crippen molar-refractivity contribution in [2.45, 2.75) is 4.90 Å². The minimum absolute atomic E-state index is 0.124. The number of hydrogen-bond donors (Lipinski definition) is 1. The van der Waals surface area contributed by atoms with Crippen LogP contribution in [0.1, 0.15) is 0 Å². The Hall–Kier alpha value is 0.580. The summed E-state index contributed by atoms with van der Waals surface area (Å²) in [6.07, 6.45) is 0. The standard InChI is InChI=1S/C6H2Cl5NO2S/c7-1-2(8)4(10)6(15(12,13)14)5(11)3(1)9/h(H2,12,13,14). The molecule has 9 heteroatoms. The molecule has 0 atom stereocenters. The number of nitrogens with two attached hydrogens (primary N) is 1. The fourth-order valence-electron chi connectivity index (χ4n) is 0.835. The lowest BCUT2D eigenvalue weighted by Crippen LogP contribution is -2.14. The third kappa shape index (κ3) is 2.47. The Morgan fingerprint density at radius 1 is 0.733 bits per heavy atom. The third-order valence-corrected chi connectivity index (χ3v) is 4.93. The van der Waals surface area contributed by atoms with Crippen molar-refractivity contribution in [2.24, 2.45) is 5.14 Å². The van der Waals surface area contributed by atoms with Crippen molar-refractivity contribution in [3.05, 3.63) is 25.1 Å². The molecule has 0 saturated heterocycles. The second-order valence-electron chi connectivity index (χ2n) is 2.44. The maximum atomic E-state index is 11.1. The highest BCUT2D eigenvalue weighted by molar-refractivity contribution is 7.89. The van der Waals surface area contributed by atoms with Crippen molar-refractivity contribution in [3.63, 3.8) is 0 Å². The van der Waals surface area contributed by atoms with E-state index < -0.39 is 14.9 Å². The van der Waals surface area contributed by atoms with E-state index in [2.05, 4.69) is 0 Å². The Bertz CT molecular complexity index is 498. The van der Waals surface area contributed by atoms with Crippen LogP contribution in [-0.2, 0) is 10.0 Å². The zero-order valence-electron chi connectivity index (χ0n) is 6.69. The second-order valence-corrected chi connectivity index (χ2v) is 5.83. The molecule has 0 aromatic heterocycles. The molecule has 1 aromatic carbocycles. The van der Waals surface area contributed by atoms with Crippen LogP contribution < -0.4 is 5.14 Å². The van der Waals surface area contributed by atoms with E-state index >= 15 is 0 Å². The fourth-order valence-corrected chi connectivity index (χ4v) is 3.43. The Kier molecular flexibility index (Phi) is 4.05. The van der Waals surface area contributed by atoms with Crippen LogP contribution in [0.4, 0.5) is 0 Å². The summed E-state index contributed by atoms with van der Waals surface area (Å²) in [5.41, 5.74) is 0.